The lowest BCUT2D eigenvalue weighted by atomic mass is 10.2. The summed E-state index contributed by atoms with van der Waals surface area (Å²) in [5.74, 6) is -0.116. The van der Waals surface area contributed by atoms with Gasteiger partial charge < -0.3 is 5.32 Å². The second-order valence-electron chi connectivity index (χ2n) is 5.37. The monoisotopic (exact) mass is 345 g/mol. The van der Waals surface area contributed by atoms with Crippen LogP contribution < -0.4 is 5.32 Å². The highest BCUT2D eigenvalue weighted by molar-refractivity contribution is 7.88. The molecule has 1 heterocycles. The Hall–Kier alpha value is -1.15. The smallest absolute Gasteiger partial charge is 0.241 e. The number of benzene rings is 1. The fourth-order valence-electron chi connectivity index (χ4n) is 2.37. The molecule has 1 aliphatic heterocycles. The average Bonchev–Trinajstić information content (AvgIpc) is 2.48. The number of piperazine rings is 1. The first kappa shape index (κ1) is 17.2. The van der Waals surface area contributed by atoms with Gasteiger partial charge in [0, 0.05) is 36.9 Å². The third kappa shape index (κ3) is 4.42. The van der Waals surface area contributed by atoms with Crippen LogP contribution in [0, 0.1) is 0 Å². The molecule has 0 aliphatic carbocycles. The zero-order valence-electron chi connectivity index (χ0n) is 12.6. The van der Waals surface area contributed by atoms with Crippen LogP contribution in [0.4, 0.5) is 5.69 Å². The molecule has 0 spiro atoms. The van der Waals surface area contributed by atoms with Crippen molar-refractivity contribution in [2.45, 2.75) is 13.0 Å². The van der Waals surface area contributed by atoms with Gasteiger partial charge in [-0.15, -0.1) is 0 Å². The van der Waals surface area contributed by atoms with E-state index in [1.54, 1.807) is 24.3 Å². The summed E-state index contributed by atoms with van der Waals surface area (Å²) in [4.78, 5) is 14.2. The van der Waals surface area contributed by atoms with Gasteiger partial charge in [-0.2, -0.15) is 4.31 Å². The van der Waals surface area contributed by atoms with Crippen molar-refractivity contribution in [1.82, 2.24) is 9.21 Å². The highest BCUT2D eigenvalue weighted by atomic mass is 35.5. The van der Waals surface area contributed by atoms with Gasteiger partial charge in [-0.25, -0.2) is 8.42 Å². The maximum atomic E-state index is 12.3. The summed E-state index contributed by atoms with van der Waals surface area (Å²) in [6, 6.07) is 6.60. The lowest BCUT2D eigenvalue weighted by Crippen LogP contribution is -2.53. The number of halogens is 1. The van der Waals surface area contributed by atoms with Crippen LogP contribution in [0.2, 0.25) is 5.02 Å². The van der Waals surface area contributed by atoms with Gasteiger partial charge in [-0.1, -0.05) is 11.6 Å². The van der Waals surface area contributed by atoms with Crippen molar-refractivity contribution in [2.75, 3.05) is 37.8 Å². The molecule has 1 saturated heterocycles. The van der Waals surface area contributed by atoms with Crippen molar-refractivity contribution < 1.29 is 13.2 Å². The zero-order chi connectivity index (χ0) is 16.3. The number of hydrogen-bond donors (Lipinski definition) is 1. The molecule has 122 valence electrons. The second-order valence-corrected chi connectivity index (χ2v) is 7.79. The molecule has 2 rings (SSSR count). The van der Waals surface area contributed by atoms with E-state index in [4.69, 9.17) is 11.6 Å². The van der Waals surface area contributed by atoms with Crippen molar-refractivity contribution in [3.05, 3.63) is 29.3 Å². The molecule has 1 N–H and O–H groups in total. The van der Waals surface area contributed by atoms with Gasteiger partial charge in [-0.05, 0) is 31.2 Å². The van der Waals surface area contributed by atoms with E-state index in [0.717, 1.165) is 0 Å². The number of sulfonamides is 1. The van der Waals surface area contributed by atoms with Crippen LogP contribution in [0.25, 0.3) is 0 Å². The molecule has 8 heteroatoms. The van der Waals surface area contributed by atoms with Crippen molar-refractivity contribution in [1.29, 1.82) is 0 Å². The van der Waals surface area contributed by atoms with Crippen molar-refractivity contribution in [3.63, 3.8) is 0 Å². The molecule has 1 amide bonds. The zero-order valence-corrected chi connectivity index (χ0v) is 14.2. The normalized spacial score (nSPS) is 18.9. The fraction of sp³-hybridized carbons (Fsp3) is 0.500. The standard InChI is InChI=1S/C14H20ClN3O3S/c1-11(14(19)16-13-5-3-12(15)4-6-13)17-7-9-18(10-8-17)22(2,20)21/h3-6,11H,7-10H2,1-2H3,(H,16,19)/t11-/m1/s1. The second kappa shape index (κ2) is 6.95. The van der Waals surface area contributed by atoms with Gasteiger partial charge in [0.2, 0.25) is 15.9 Å². The Bertz CT molecular complexity index is 625. The molecule has 0 radical (unpaired) electrons. The minimum absolute atomic E-state index is 0.116. The molecule has 1 aromatic carbocycles. The minimum Gasteiger partial charge on any atom is -0.325 e. The Labute approximate surface area is 136 Å². The van der Waals surface area contributed by atoms with Gasteiger partial charge in [0.15, 0.2) is 0 Å². The van der Waals surface area contributed by atoms with Crippen LogP contribution in [0.3, 0.4) is 0 Å². The molecule has 1 aliphatic rings. The highest BCUT2D eigenvalue weighted by Crippen LogP contribution is 2.15. The van der Waals surface area contributed by atoms with Crippen LogP contribution in [0.15, 0.2) is 24.3 Å². The third-order valence-corrected chi connectivity index (χ3v) is 5.34. The van der Waals surface area contributed by atoms with E-state index in [9.17, 15) is 13.2 Å². The summed E-state index contributed by atoms with van der Waals surface area (Å²) in [7, 11) is -3.15. The number of rotatable bonds is 4. The Balaban J connectivity index is 1.90. The number of carbonyl (C=O) groups is 1. The molecule has 0 unspecified atom stereocenters. The molecule has 0 bridgehead atoms. The van der Waals surface area contributed by atoms with E-state index >= 15 is 0 Å². The Kier molecular flexibility index (Phi) is 5.44. The maximum Gasteiger partial charge on any atom is 0.241 e. The van der Waals surface area contributed by atoms with Crippen molar-refractivity contribution in [3.8, 4) is 0 Å². The van der Waals surface area contributed by atoms with Crippen LogP contribution in [-0.2, 0) is 14.8 Å². The minimum atomic E-state index is -3.15. The Morgan fingerprint density at radius 2 is 1.73 bits per heavy atom. The summed E-state index contributed by atoms with van der Waals surface area (Å²) in [5.41, 5.74) is 0.691. The summed E-state index contributed by atoms with van der Waals surface area (Å²) in [6.07, 6.45) is 1.21. The number of amides is 1. The van der Waals surface area contributed by atoms with E-state index in [0.29, 0.717) is 36.9 Å². The molecule has 1 aromatic rings. The van der Waals surface area contributed by atoms with Crippen LogP contribution in [0.1, 0.15) is 6.92 Å². The SMILES string of the molecule is C[C@H](C(=O)Nc1ccc(Cl)cc1)N1CCN(S(C)(=O)=O)CC1. The molecular weight excluding hydrogens is 326 g/mol. The number of nitrogens with zero attached hydrogens (tertiary/aromatic N) is 2. The lowest BCUT2D eigenvalue weighted by Gasteiger charge is -2.36. The Morgan fingerprint density at radius 1 is 1.18 bits per heavy atom. The number of nitrogens with one attached hydrogen (secondary N) is 1. The molecule has 0 aromatic heterocycles. The first-order valence-corrected chi connectivity index (χ1v) is 9.25. The van der Waals surface area contributed by atoms with E-state index in [2.05, 4.69) is 5.32 Å². The third-order valence-electron chi connectivity index (χ3n) is 3.78. The van der Waals surface area contributed by atoms with Crippen molar-refractivity contribution in [2.24, 2.45) is 0 Å². The molecule has 6 nitrogen and oxygen atoms in total. The maximum absolute atomic E-state index is 12.3. The molecule has 1 atom stereocenters. The summed E-state index contributed by atoms with van der Waals surface area (Å²) >= 11 is 5.81. The topological polar surface area (TPSA) is 69.7 Å². The van der Waals surface area contributed by atoms with E-state index < -0.39 is 10.0 Å². The molecule has 0 saturated carbocycles. The number of hydrogen-bond acceptors (Lipinski definition) is 4. The van der Waals surface area contributed by atoms with Gasteiger partial charge in [0.05, 0.1) is 12.3 Å². The van der Waals surface area contributed by atoms with Crippen molar-refractivity contribution >= 4 is 33.2 Å². The molecule has 1 fully saturated rings. The number of anilines is 1. The highest BCUT2D eigenvalue weighted by Gasteiger charge is 2.28. The molecule has 22 heavy (non-hydrogen) atoms. The summed E-state index contributed by atoms with van der Waals surface area (Å²) < 4.78 is 24.4. The van der Waals surface area contributed by atoms with Gasteiger partial charge in [-0.3, -0.25) is 9.69 Å². The van der Waals surface area contributed by atoms with Gasteiger partial charge in [0.25, 0.3) is 0 Å². The van der Waals surface area contributed by atoms with Crippen LogP contribution in [0.5, 0.6) is 0 Å². The summed E-state index contributed by atoms with van der Waals surface area (Å²) in [6.45, 7) is 3.74. The Morgan fingerprint density at radius 3 is 2.23 bits per heavy atom. The van der Waals surface area contributed by atoms with Gasteiger partial charge >= 0.3 is 0 Å². The number of carbonyl (C=O) groups excluding carboxylic acids is 1. The van der Waals surface area contributed by atoms with E-state index in [1.165, 1.54) is 10.6 Å². The largest absolute Gasteiger partial charge is 0.325 e. The first-order chi connectivity index (χ1) is 10.3. The lowest BCUT2D eigenvalue weighted by molar-refractivity contribution is -0.121. The van der Waals surface area contributed by atoms with Gasteiger partial charge in [0.1, 0.15) is 0 Å². The molecular formula is C14H20ClN3O3S. The van der Waals surface area contributed by atoms with E-state index in [-0.39, 0.29) is 11.9 Å². The first-order valence-electron chi connectivity index (χ1n) is 7.03. The van der Waals surface area contributed by atoms with Crippen LogP contribution >= 0.6 is 11.6 Å². The summed E-state index contributed by atoms with van der Waals surface area (Å²) in [5, 5.41) is 3.45. The van der Waals surface area contributed by atoms with E-state index in [1.807, 2.05) is 11.8 Å². The predicted octanol–water partition coefficient (Wildman–Crippen LogP) is 1.24. The average molecular weight is 346 g/mol. The predicted molar refractivity (Wildman–Crippen MR) is 87.5 cm³/mol. The fourth-order valence-corrected chi connectivity index (χ4v) is 3.32. The quantitative estimate of drug-likeness (QED) is 0.891. The van der Waals surface area contributed by atoms with Crippen LogP contribution in [-0.4, -0.2) is 62.0 Å².